The molecule has 2 aromatic heterocycles. The Morgan fingerprint density at radius 3 is 2.84 bits per heavy atom. The van der Waals surface area contributed by atoms with Gasteiger partial charge in [-0.05, 0) is 31.9 Å². The highest BCUT2D eigenvalue weighted by Crippen LogP contribution is 2.40. The number of carbonyl (C=O) groups excluding carboxylic acids is 1. The van der Waals surface area contributed by atoms with Crippen molar-refractivity contribution >= 4 is 27.5 Å². The van der Waals surface area contributed by atoms with Crippen molar-refractivity contribution < 1.29 is 4.79 Å². The Morgan fingerprint density at radius 1 is 1.16 bits per heavy atom. The van der Waals surface area contributed by atoms with Gasteiger partial charge in [0.25, 0.3) is 5.56 Å². The Bertz CT molecular complexity index is 947. The molecule has 2 aromatic rings. The van der Waals surface area contributed by atoms with Gasteiger partial charge in [-0.15, -0.1) is 11.3 Å². The third kappa shape index (κ3) is 2.15. The van der Waals surface area contributed by atoms with E-state index in [1.807, 2.05) is 11.6 Å². The molecule has 4 heterocycles. The Hall–Kier alpha value is -1.73. The summed E-state index contributed by atoms with van der Waals surface area (Å²) in [6.45, 7) is 2.31. The maximum atomic E-state index is 13.5. The van der Waals surface area contributed by atoms with E-state index in [0.29, 0.717) is 6.54 Å². The van der Waals surface area contributed by atoms with E-state index in [0.717, 1.165) is 54.8 Å². The summed E-state index contributed by atoms with van der Waals surface area (Å²) in [7, 11) is 3.95. The van der Waals surface area contributed by atoms with E-state index in [2.05, 4.69) is 11.9 Å². The predicted molar refractivity (Wildman–Crippen MR) is 96.8 cm³/mol. The number of rotatable bonds is 0. The SMILES string of the molecule is CN1CCc2c(sc3nc4n(c(=O)c23)[C@@H]2CCC[C@@H]2C(=O)N(C)C4)C1. The largest absolute Gasteiger partial charge is 0.338 e. The predicted octanol–water partition coefficient (Wildman–Crippen LogP) is 1.76. The van der Waals surface area contributed by atoms with E-state index in [1.165, 1.54) is 10.4 Å². The van der Waals surface area contributed by atoms with Crippen molar-refractivity contribution in [1.29, 1.82) is 0 Å². The van der Waals surface area contributed by atoms with Crippen LogP contribution in [-0.4, -0.2) is 45.9 Å². The molecule has 0 unspecified atom stereocenters. The molecule has 2 aliphatic heterocycles. The molecule has 1 aliphatic carbocycles. The van der Waals surface area contributed by atoms with Crippen LogP contribution in [0.15, 0.2) is 4.79 Å². The molecule has 1 fully saturated rings. The summed E-state index contributed by atoms with van der Waals surface area (Å²) in [5, 5.41) is 0.819. The van der Waals surface area contributed by atoms with Crippen LogP contribution in [0.25, 0.3) is 10.2 Å². The highest BCUT2D eigenvalue weighted by molar-refractivity contribution is 7.18. The van der Waals surface area contributed by atoms with Crippen molar-refractivity contribution in [2.24, 2.45) is 5.92 Å². The fourth-order valence-corrected chi connectivity index (χ4v) is 6.10. The molecular formula is C18H22N4O2S. The Balaban J connectivity index is 1.77. The molecule has 2 atom stereocenters. The summed E-state index contributed by atoms with van der Waals surface area (Å²) in [6, 6.07) is -0.0151. The topological polar surface area (TPSA) is 58.4 Å². The Kier molecular flexibility index (Phi) is 3.34. The third-order valence-electron chi connectivity index (χ3n) is 6.05. The van der Waals surface area contributed by atoms with Crippen LogP contribution >= 0.6 is 11.3 Å². The summed E-state index contributed by atoms with van der Waals surface area (Å²) in [5.74, 6) is 0.859. The lowest BCUT2D eigenvalue weighted by molar-refractivity contribution is -0.134. The van der Waals surface area contributed by atoms with Crippen LogP contribution in [0, 0.1) is 5.92 Å². The molecular weight excluding hydrogens is 336 g/mol. The minimum Gasteiger partial charge on any atom is -0.338 e. The Morgan fingerprint density at radius 2 is 2.00 bits per heavy atom. The van der Waals surface area contributed by atoms with Gasteiger partial charge in [0.15, 0.2) is 0 Å². The molecule has 1 saturated carbocycles. The van der Waals surface area contributed by atoms with Gasteiger partial charge in [0, 0.05) is 25.0 Å². The van der Waals surface area contributed by atoms with Crippen LogP contribution in [0.2, 0.25) is 0 Å². The quantitative estimate of drug-likeness (QED) is 0.720. The lowest BCUT2D eigenvalue weighted by atomic mass is 10.0. The van der Waals surface area contributed by atoms with Crippen molar-refractivity contribution in [1.82, 2.24) is 19.4 Å². The molecule has 1 amide bonds. The highest BCUT2D eigenvalue weighted by atomic mass is 32.1. The second-order valence-corrected chi connectivity index (χ2v) is 8.76. The minimum absolute atomic E-state index is 0.0151. The average molecular weight is 358 g/mol. The first-order valence-corrected chi connectivity index (χ1v) is 9.85. The van der Waals surface area contributed by atoms with Gasteiger partial charge in [-0.1, -0.05) is 6.42 Å². The van der Waals surface area contributed by atoms with Crippen molar-refractivity contribution in [2.45, 2.75) is 44.8 Å². The zero-order valence-corrected chi connectivity index (χ0v) is 15.4. The van der Waals surface area contributed by atoms with Crippen LogP contribution in [0.5, 0.6) is 0 Å². The van der Waals surface area contributed by atoms with Crippen LogP contribution in [0.1, 0.15) is 41.6 Å². The first-order chi connectivity index (χ1) is 12.0. The minimum atomic E-state index is -0.0659. The molecule has 132 valence electrons. The zero-order valence-electron chi connectivity index (χ0n) is 14.6. The van der Waals surface area contributed by atoms with Gasteiger partial charge in [0.1, 0.15) is 10.7 Å². The molecule has 3 aliphatic rings. The first kappa shape index (κ1) is 15.5. The Labute approximate surface area is 150 Å². The number of aromatic nitrogens is 2. The van der Waals surface area contributed by atoms with Gasteiger partial charge in [-0.3, -0.25) is 14.2 Å². The van der Waals surface area contributed by atoms with Gasteiger partial charge in [-0.2, -0.15) is 0 Å². The standard InChI is InChI=1S/C18H22N4O2S/c1-20-7-6-11-13(8-20)25-16-15(11)18(24)22-12-5-3-4-10(12)17(23)21(2)9-14(22)19-16/h10,12H,3-9H2,1-2H3/t10-,12+/m0/s1. The monoisotopic (exact) mass is 358 g/mol. The number of nitrogens with zero attached hydrogens (tertiary/aromatic N) is 4. The van der Waals surface area contributed by atoms with Crippen LogP contribution in [0.4, 0.5) is 0 Å². The smallest absolute Gasteiger partial charge is 0.262 e. The number of likely N-dealkylation sites (N-methyl/N-ethyl adjacent to an activating group) is 1. The second-order valence-electron chi connectivity index (χ2n) is 7.67. The molecule has 5 rings (SSSR count). The zero-order chi connectivity index (χ0) is 17.3. The second kappa shape index (κ2) is 5.38. The molecule has 0 spiro atoms. The number of carbonyl (C=O) groups is 1. The molecule has 7 heteroatoms. The summed E-state index contributed by atoms with van der Waals surface area (Å²) in [6.07, 6.45) is 3.70. The number of hydrogen-bond donors (Lipinski definition) is 0. The van der Waals surface area contributed by atoms with Crippen LogP contribution in [-0.2, 0) is 24.3 Å². The number of hydrogen-bond acceptors (Lipinski definition) is 5. The fraction of sp³-hybridized carbons (Fsp3) is 0.611. The lowest BCUT2D eigenvalue weighted by Gasteiger charge is -2.22. The van der Waals surface area contributed by atoms with Gasteiger partial charge in [0.2, 0.25) is 5.91 Å². The molecule has 6 nitrogen and oxygen atoms in total. The summed E-state index contributed by atoms with van der Waals surface area (Å²) < 4.78 is 1.88. The molecule has 0 N–H and O–H groups in total. The lowest BCUT2D eigenvalue weighted by Crippen LogP contribution is -2.33. The maximum absolute atomic E-state index is 13.5. The summed E-state index contributed by atoms with van der Waals surface area (Å²) >= 11 is 1.65. The summed E-state index contributed by atoms with van der Waals surface area (Å²) in [5.41, 5.74) is 1.28. The van der Waals surface area contributed by atoms with Crippen molar-refractivity contribution in [2.75, 3.05) is 20.6 Å². The van der Waals surface area contributed by atoms with Crippen molar-refractivity contribution in [3.05, 3.63) is 26.6 Å². The normalized spacial score (nSPS) is 26.5. The highest BCUT2D eigenvalue weighted by Gasteiger charge is 2.41. The molecule has 0 bridgehead atoms. The van der Waals surface area contributed by atoms with Gasteiger partial charge < -0.3 is 9.80 Å². The van der Waals surface area contributed by atoms with Crippen LogP contribution in [0.3, 0.4) is 0 Å². The van der Waals surface area contributed by atoms with Crippen molar-refractivity contribution in [3.8, 4) is 0 Å². The maximum Gasteiger partial charge on any atom is 0.262 e. The first-order valence-electron chi connectivity index (χ1n) is 9.04. The molecule has 25 heavy (non-hydrogen) atoms. The fourth-order valence-electron chi connectivity index (χ4n) is 4.79. The van der Waals surface area contributed by atoms with E-state index in [1.54, 1.807) is 16.2 Å². The van der Waals surface area contributed by atoms with Crippen LogP contribution < -0.4 is 5.56 Å². The van der Waals surface area contributed by atoms with Gasteiger partial charge in [-0.25, -0.2) is 4.98 Å². The van der Waals surface area contributed by atoms with Gasteiger partial charge >= 0.3 is 0 Å². The van der Waals surface area contributed by atoms with E-state index >= 15 is 0 Å². The third-order valence-corrected chi connectivity index (χ3v) is 7.16. The summed E-state index contributed by atoms with van der Waals surface area (Å²) in [4.78, 5) is 37.2. The number of fused-ring (bicyclic) bond motifs is 6. The molecule has 0 saturated heterocycles. The molecule has 0 radical (unpaired) electrons. The van der Waals surface area contributed by atoms with E-state index < -0.39 is 0 Å². The van der Waals surface area contributed by atoms with Gasteiger partial charge in [0.05, 0.1) is 23.9 Å². The van der Waals surface area contributed by atoms with E-state index in [4.69, 9.17) is 4.98 Å². The van der Waals surface area contributed by atoms with Crippen molar-refractivity contribution in [3.63, 3.8) is 0 Å². The molecule has 0 aromatic carbocycles. The number of thiophene rings is 1. The number of amides is 1. The van der Waals surface area contributed by atoms with E-state index in [9.17, 15) is 9.59 Å². The average Bonchev–Trinajstić information content (AvgIpc) is 3.15. The van der Waals surface area contributed by atoms with E-state index in [-0.39, 0.29) is 23.4 Å².